The fourth-order valence-electron chi connectivity index (χ4n) is 3.74. The lowest BCUT2D eigenvalue weighted by atomic mass is 10.0. The summed E-state index contributed by atoms with van der Waals surface area (Å²) in [5.74, 6) is 0. The molecule has 0 saturated heterocycles. The fraction of sp³-hybridized carbons (Fsp3) is 0.227. The van der Waals surface area contributed by atoms with Gasteiger partial charge in [0.1, 0.15) is 11.2 Å². The Bertz CT molecular complexity index is 1300. The van der Waals surface area contributed by atoms with Gasteiger partial charge in [-0.25, -0.2) is 14.6 Å². The summed E-state index contributed by atoms with van der Waals surface area (Å²) in [5, 5.41) is 16.4. The lowest BCUT2D eigenvalue weighted by molar-refractivity contribution is 0.468. The van der Waals surface area contributed by atoms with Gasteiger partial charge in [-0.05, 0) is 25.6 Å². The molecule has 4 heterocycles. The number of nitrogens with zero attached hydrogens (tertiary/aromatic N) is 7. The van der Waals surface area contributed by atoms with Gasteiger partial charge in [0.05, 0.1) is 30.3 Å². The number of fused-ring (bicyclic) bond motifs is 1. The van der Waals surface area contributed by atoms with Gasteiger partial charge < -0.3 is 10.3 Å². The number of rotatable bonds is 7. The van der Waals surface area contributed by atoms with Crippen LogP contribution in [0, 0.1) is 0 Å². The van der Waals surface area contributed by atoms with E-state index in [4.69, 9.17) is 4.98 Å². The Hall–Kier alpha value is -3.85. The van der Waals surface area contributed by atoms with E-state index in [1.807, 2.05) is 43.4 Å². The molecule has 5 aromatic rings. The smallest absolute Gasteiger partial charge is 0.156 e. The molecule has 156 valence electrons. The topological polar surface area (TPSA) is 102 Å². The van der Waals surface area contributed by atoms with Crippen LogP contribution in [0.15, 0.2) is 61.3 Å². The fourth-order valence-corrected chi connectivity index (χ4v) is 3.74. The molecule has 0 radical (unpaired) electrons. The SMILES string of the molecule is CNCCC(c1ccccc1)n1cc(-c2c[nH]c3ncc(-c4cnn(C)c4)nc23)nn1. The van der Waals surface area contributed by atoms with Crippen molar-refractivity contribution in [1.82, 2.24) is 45.0 Å². The van der Waals surface area contributed by atoms with Crippen LogP contribution in [0.4, 0.5) is 0 Å². The first-order valence-corrected chi connectivity index (χ1v) is 10.2. The Morgan fingerprint density at radius 1 is 1.10 bits per heavy atom. The Kier molecular flexibility index (Phi) is 5.01. The lowest BCUT2D eigenvalue weighted by Crippen LogP contribution is -2.18. The summed E-state index contributed by atoms with van der Waals surface area (Å²) in [6, 6.07) is 10.5. The number of nitrogens with one attached hydrogen (secondary N) is 2. The van der Waals surface area contributed by atoms with E-state index in [1.54, 1.807) is 17.1 Å². The van der Waals surface area contributed by atoms with E-state index in [1.165, 1.54) is 5.56 Å². The molecule has 0 saturated carbocycles. The Morgan fingerprint density at radius 2 is 1.97 bits per heavy atom. The standard InChI is InChI=1S/C22H23N9/c1-23-9-8-20(15-6-4-3-5-7-15)31-14-19(28-29-31)17-11-24-22-21(17)27-18(12-25-22)16-10-26-30(2)13-16/h3-7,10-14,20,23H,8-9H2,1-2H3,(H,24,25). The highest BCUT2D eigenvalue weighted by Gasteiger charge is 2.18. The van der Waals surface area contributed by atoms with Gasteiger partial charge in [0, 0.05) is 30.6 Å². The Morgan fingerprint density at radius 3 is 2.74 bits per heavy atom. The highest BCUT2D eigenvalue weighted by molar-refractivity contribution is 5.90. The molecular weight excluding hydrogens is 390 g/mol. The second kappa shape index (κ2) is 8.11. The van der Waals surface area contributed by atoms with E-state index in [2.05, 4.69) is 55.0 Å². The number of aryl methyl sites for hydroxylation is 1. The van der Waals surface area contributed by atoms with Crippen molar-refractivity contribution in [2.45, 2.75) is 12.5 Å². The van der Waals surface area contributed by atoms with Gasteiger partial charge in [-0.1, -0.05) is 35.5 Å². The van der Waals surface area contributed by atoms with Crippen molar-refractivity contribution in [3.05, 3.63) is 66.9 Å². The quantitative estimate of drug-likeness (QED) is 0.425. The maximum atomic E-state index is 4.82. The molecule has 0 aliphatic carbocycles. The van der Waals surface area contributed by atoms with Crippen LogP contribution in [0.25, 0.3) is 33.7 Å². The second-order valence-electron chi connectivity index (χ2n) is 7.46. The minimum absolute atomic E-state index is 0.0946. The molecule has 5 rings (SSSR count). The molecule has 4 aromatic heterocycles. The number of H-pyrrole nitrogens is 1. The number of aromatic amines is 1. The van der Waals surface area contributed by atoms with Gasteiger partial charge in [-0.2, -0.15) is 5.10 Å². The van der Waals surface area contributed by atoms with Crippen LogP contribution < -0.4 is 5.32 Å². The Balaban J connectivity index is 1.52. The average molecular weight is 413 g/mol. The largest absolute Gasteiger partial charge is 0.344 e. The van der Waals surface area contributed by atoms with Crippen LogP contribution in [-0.2, 0) is 7.05 Å². The van der Waals surface area contributed by atoms with Gasteiger partial charge in [0.2, 0.25) is 0 Å². The summed E-state index contributed by atoms with van der Waals surface area (Å²) < 4.78 is 3.68. The normalized spacial score (nSPS) is 12.5. The minimum atomic E-state index is 0.0946. The predicted octanol–water partition coefficient (Wildman–Crippen LogP) is 2.82. The maximum Gasteiger partial charge on any atom is 0.156 e. The molecule has 1 aromatic carbocycles. The molecule has 1 atom stereocenters. The first-order chi connectivity index (χ1) is 15.2. The van der Waals surface area contributed by atoms with Crippen molar-refractivity contribution >= 4 is 11.2 Å². The van der Waals surface area contributed by atoms with Crippen molar-refractivity contribution in [2.24, 2.45) is 7.05 Å². The van der Waals surface area contributed by atoms with Crippen molar-refractivity contribution in [1.29, 1.82) is 0 Å². The van der Waals surface area contributed by atoms with Gasteiger partial charge in [0.15, 0.2) is 5.65 Å². The molecule has 0 aliphatic rings. The number of hydrogen-bond donors (Lipinski definition) is 2. The van der Waals surface area contributed by atoms with E-state index in [-0.39, 0.29) is 6.04 Å². The predicted molar refractivity (Wildman–Crippen MR) is 118 cm³/mol. The monoisotopic (exact) mass is 413 g/mol. The average Bonchev–Trinajstić information content (AvgIpc) is 3.54. The highest BCUT2D eigenvalue weighted by atomic mass is 15.4. The van der Waals surface area contributed by atoms with Gasteiger partial charge >= 0.3 is 0 Å². The lowest BCUT2D eigenvalue weighted by Gasteiger charge is -2.17. The molecule has 0 bridgehead atoms. The van der Waals surface area contributed by atoms with Crippen molar-refractivity contribution in [3.63, 3.8) is 0 Å². The molecule has 0 aliphatic heterocycles. The number of hydrogen-bond acceptors (Lipinski definition) is 6. The zero-order chi connectivity index (χ0) is 21.2. The molecule has 0 spiro atoms. The second-order valence-corrected chi connectivity index (χ2v) is 7.46. The first kappa shape index (κ1) is 19.1. The third-order valence-corrected chi connectivity index (χ3v) is 5.34. The summed E-state index contributed by atoms with van der Waals surface area (Å²) in [7, 11) is 3.84. The van der Waals surface area contributed by atoms with Gasteiger partial charge in [-0.15, -0.1) is 5.10 Å². The summed E-state index contributed by atoms with van der Waals surface area (Å²) >= 11 is 0. The highest BCUT2D eigenvalue weighted by Crippen LogP contribution is 2.28. The van der Waals surface area contributed by atoms with Crippen molar-refractivity contribution in [3.8, 4) is 22.5 Å². The molecule has 2 N–H and O–H groups in total. The van der Waals surface area contributed by atoms with Gasteiger partial charge in [-0.3, -0.25) is 4.68 Å². The minimum Gasteiger partial charge on any atom is -0.344 e. The summed E-state index contributed by atoms with van der Waals surface area (Å²) in [5.41, 5.74) is 6.00. The number of aromatic nitrogens is 8. The van der Waals surface area contributed by atoms with Crippen LogP contribution in [0.2, 0.25) is 0 Å². The zero-order valence-electron chi connectivity index (χ0n) is 17.4. The number of benzene rings is 1. The summed E-state index contributed by atoms with van der Waals surface area (Å²) in [6.45, 7) is 0.877. The van der Waals surface area contributed by atoms with Crippen LogP contribution in [0.3, 0.4) is 0 Å². The molecule has 0 fully saturated rings. The molecular formula is C22H23N9. The van der Waals surface area contributed by atoms with Gasteiger partial charge in [0.25, 0.3) is 0 Å². The van der Waals surface area contributed by atoms with Crippen LogP contribution in [0.1, 0.15) is 18.0 Å². The molecule has 9 heteroatoms. The molecule has 0 amide bonds. The molecule has 9 nitrogen and oxygen atoms in total. The first-order valence-electron chi connectivity index (χ1n) is 10.2. The third kappa shape index (κ3) is 3.71. The van der Waals surface area contributed by atoms with Crippen LogP contribution in [0.5, 0.6) is 0 Å². The van der Waals surface area contributed by atoms with E-state index in [9.17, 15) is 0 Å². The third-order valence-electron chi connectivity index (χ3n) is 5.34. The molecule has 1 unspecified atom stereocenters. The van der Waals surface area contributed by atoms with E-state index in [0.717, 1.165) is 41.0 Å². The van der Waals surface area contributed by atoms with Crippen LogP contribution >= 0.6 is 0 Å². The molecule has 31 heavy (non-hydrogen) atoms. The summed E-state index contributed by atoms with van der Waals surface area (Å²) in [4.78, 5) is 12.5. The summed E-state index contributed by atoms with van der Waals surface area (Å²) in [6.07, 6.45) is 10.2. The van der Waals surface area contributed by atoms with E-state index in [0.29, 0.717) is 5.65 Å². The van der Waals surface area contributed by atoms with Crippen molar-refractivity contribution in [2.75, 3.05) is 13.6 Å². The van der Waals surface area contributed by atoms with E-state index < -0.39 is 0 Å². The van der Waals surface area contributed by atoms with Crippen molar-refractivity contribution < 1.29 is 0 Å². The zero-order valence-corrected chi connectivity index (χ0v) is 17.4. The van der Waals surface area contributed by atoms with E-state index >= 15 is 0 Å². The van der Waals surface area contributed by atoms with Crippen LogP contribution in [-0.4, -0.2) is 53.3 Å². The Labute approximate surface area is 179 Å². The maximum absolute atomic E-state index is 4.82.